The van der Waals surface area contributed by atoms with Crippen LogP contribution in [0.1, 0.15) is 0 Å². The van der Waals surface area contributed by atoms with Gasteiger partial charge in [0, 0.05) is 10.9 Å². The van der Waals surface area contributed by atoms with Crippen LogP contribution in [0.15, 0.2) is 87.8 Å². The van der Waals surface area contributed by atoms with E-state index in [1.165, 1.54) is 0 Å². The van der Waals surface area contributed by atoms with E-state index in [0.717, 1.165) is 42.6 Å². The fraction of sp³-hybridized carbons (Fsp3) is 0. The van der Waals surface area contributed by atoms with Crippen molar-refractivity contribution in [1.29, 1.82) is 0 Å². The maximum Gasteiger partial charge on any atom is 0.153 e. The van der Waals surface area contributed by atoms with E-state index < -0.39 is 0 Å². The minimum Gasteiger partial charge on any atom is -0.454 e. The molecule has 122 valence electrons. The Bertz CT molecular complexity index is 1050. The summed E-state index contributed by atoms with van der Waals surface area (Å²) in [5.41, 5.74) is 2.80. The minimum absolute atomic E-state index is 0.761. The fourth-order valence-corrected chi connectivity index (χ4v) is 3.66. The van der Waals surface area contributed by atoms with Gasteiger partial charge in [-0.1, -0.05) is 54.6 Å². The lowest BCUT2D eigenvalue weighted by Gasteiger charge is -2.15. The lowest BCUT2D eigenvalue weighted by atomic mass is 10.1. The van der Waals surface area contributed by atoms with Crippen LogP contribution < -0.4 is 4.74 Å². The summed E-state index contributed by atoms with van der Waals surface area (Å²) in [5.74, 6) is 1.52. The first kappa shape index (κ1) is 16.3. The summed E-state index contributed by atoms with van der Waals surface area (Å²) < 4.78 is 8.03. The van der Waals surface area contributed by atoms with E-state index in [9.17, 15) is 0 Å². The number of hydrogen-bond acceptors (Lipinski definition) is 2. The van der Waals surface area contributed by atoms with Crippen LogP contribution in [0.4, 0.5) is 0 Å². The van der Waals surface area contributed by atoms with Gasteiger partial charge in [-0.15, -0.1) is 0 Å². The van der Waals surface area contributed by atoms with Gasteiger partial charge in [-0.25, -0.2) is 4.98 Å². The number of benzene rings is 3. The molecule has 25 heavy (non-hydrogen) atoms. The first-order valence-corrected chi connectivity index (χ1v) is 9.38. The summed E-state index contributed by atoms with van der Waals surface area (Å²) in [6.07, 6.45) is 0. The molecule has 3 aromatic carbocycles. The van der Waals surface area contributed by atoms with Crippen molar-refractivity contribution in [3.8, 4) is 22.8 Å². The quantitative estimate of drug-likeness (QED) is 0.326. The molecule has 0 aliphatic carbocycles. The smallest absolute Gasteiger partial charge is 0.153 e. The van der Waals surface area contributed by atoms with Crippen molar-refractivity contribution in [2.75, 3.05) is 0 Å². The number of fused-ring (bicyclic) bond motifs is 1. The molecule has 0 bridgehead atoms. The van der Waals surface area contributed by atoms with Crippen LogP contribution in [-0.2, 0) is 0 Å². The van der Waals surface area contributed by atoms with E-state index in [2.05, 4.69) is 31.9 Å². The number of ether oxygens (including phenoxy) is 1. The van der Waals surface area contributed by atoms with E-state index in [1.54, 1.807) is 0 Å². The molecule has 0 saturated carbocycles. The highest BCUT2D eigenvalue weighted by molar-refractivity contribution is 9.11. The van der Waals surface area contributed by atoms with Gasteiger partial charge in [-0.05, 0) is 56.1 Å². The molecule has 0 saturated heterocycles. The van der Waals surface area contributed by atoms with Crippen LogP contribution in [0.3, 0.4) is 0 Å². The van der Waals surface area contributed by atoms with Crippen molar-refractivity contribution in [3.63, 3.8) is 0 Å². The Morgan fingerprint density at radius 2 is 1.40 bits per heavy atom. The molecule has 1 heterocycles. The predicted octanol–water partition coefficient (Wildman–Crippen LogP) is 7.22. The molecule has 4 rings (SSSR count). The van der Waals surface area contributed by atoms with Crippen LogP contribution in [-0.4, -0.2) is 4.98 Å². The van der Waals surface area contributed by atoms with E-state index in [-0.39, 0.29) is 0 Å². The zero-order valence-corrected chi connectivity index (χ0v) is 16.3. The summed E-state index contributed by atoms with van der Waals surface area (Å²) >= 11 is 7.27. The molecule has 0 N–H and O–H groups in total. The van der Waals surface area contributed by atoms with Crippen LogP contribution in [0.5, 0.6) is 11.5 Å². The Labute approximate surface area is 162 Å². The van der Waals surface area contributed by atoms with E-state index in [0.29, 0.717) is 0 Å². The van der Waals surface area contributed by atoms with Gasteiger partial charge >= 0.3 is 0 Å². The lowest BCUT2D eigenvalue weighted by molar-refractivity contribution is 0.482. The van der Waals surface area contributed by atoms with E-state index in [1.807, 2.05) is 78.9 Å². The fourth-order valence-electron chi connectivity index (χ4n) is 2.68. The Balaban J connectivity index is 1.96. The van der Waals surface area contributed by atoms with Crippen molar-refractivity contribution in [3.05, 3.63) is 87.8 Å². The van der Waals surface area contributed by atoms with Crippen LogP contribution in [0.25, 0.3) is 22.2 Å². The van der Waals surface area contributed by atoms with E-state index >= 15 is 0 Å². The van der Waals surface area contributed by atoms with Crippen LogP contribution >= 0.6 is 31.9 Å². The molecule has 0 amide bonds. The molecule has 0 unspecified atom stereocenters. The van der Waals surface area contributed by atoms with Gasteiger partial charge in [0.05, 0.1) is 20.2 Å². The van der Waals surface area contributed by atoms with E-state index in [4.69, 9.17) is 9.72 Å². The van der Waals surface area contributed by atoms with Crippen molar-refractivity contribution < 1.29 is 4.74 Å². The molecule has 0 atom stereocenters. The molecule has 0 aliphatic rings. The van der Waals surface area contributed by atoms with Crippen LogP contribution in [0.2, 0.25) is 0 Å². The molecular weight excluding hydrogens is 442 g/mol. The molecule has 4 heteroatoms. The second kappa shape index (κ2) is 6.98. The zero-order valence-electron chi connectivity index (χ0n) is 13.1. The van der Waals surface area contributed by atoms with Gasteiger partial charge in [0.25, 0.3) is 0 Å². The molecule has 0 spiro atoms. The molecule has 1 aromatic heterocycles. The summed E-state index contributed by atoms with van der Waals surface area (Å²) in [5, 5.41) is 0.963. The van der Waals surface area contributed by atoms with Gasteiger partial charge < -0.3 is 4.74 Å². The molecule has 2 nitrogen and oxygen atoms in total. The molecule has 0 aliphatic heterocycles. The zero-order chi connectivity index (χ0) is 17.2. The van der Waals surface area contributed by atoms with Gasteiger partial charge in [0.1, 0.15) is 5.75 Å². The van der Waals surface area contributed by atoms with Gasteiger partial charge in [0.15, 0.2) is 5.75 Å². The number of para-hydroxylation sites is 2. The summed E-state index contributed by atoms with van der Waals surface area (Å²) in [4.78, 5) is 4.83. The number of nitrogens with zero attached hydrogens (tertiary/aromatic N) is 1. The number of pyridine rings is 1. The monoisotopic (exact) mass is 453 g/mol. The Morgan fingerprint density at radius 3 is 2.20 bits per heavy atom. The summed E-state index contributed by atoms with van der Waals surface area (Å²) in [7, 11) is 0. The predicted molar refractivity (Wildman–Crippen MR) is 109 cm³/mol. The number of hydrogen-bond donors (Lipinski definition) is 0. The largest absolute Gasteiger partial charge is 0.454 e. The number of halogens is 2. The first-order valence-electron chi connectivity index (χ1n) is 7.80. The summed E-state index contributed by atoms with van der Waals surface area (Å²) in [6.45, 7) is 0. The Hall–Kier alpha value is -2.17. The van der Waals surface area contributed by atoms with Crippen LogP contribution in [0, 0.1) is 0 Å². The average molecular weight is 455 g/mol. The topological polar surface area (TPSA) is 22.1 Å². The summed E-state index contributed by atoms with van der Waals surface area (Å²) in [6, 6.07) is 25.9. The van der Waals surface area contributed by atoms with Crippen molar-refractivity contribution in [1.82, 2.24) is 4.98 Å². The third kappa shape index (κ3) is 3.20. The standard InChI is InChI=1S/C21H13Br2NO/c22-16-11-5-7-13-18(16)25-21-15-10-4-6-12-17(15)24-20(19(21)23)14-8-2-1-3-9-14/h1-13H. The minimum atomic E-state index is 0.761. The third-order valence-corrected chi connectivity index (χ3v) is 5.27. The second-order valence-electron chi connectivity index (χ2n) is 5.52. The van der Waals surface area contributed by atoms with Gasteiger partial charge in [0.2, 0.25) is 0 Å². The highest BCUT2D eigenvalue weighted by atomic mass is 79.9. The van der Waals surface area contributed by atoms with Gasteiger partial charge in [-0.3, -0.25) is 0 Å². The Morgan fingerprint density at radius 1 is 0.720 bits per heavy atom. The highest BCUT2D eigenvalue weighted by Gasteiger charge is 2.17. The molecular formula is C21H13Br2NO. The maximum absolute atomic E-state index is 6.28. The Kier molecular flexibility index (Phi) is 4.55. The van der Waals surface area contributed by atoms with Crippen molar-refractivity contribution in [2.45, 2.75) is 0 Å². The molecule has 0 radical (unpaired) electrons. The SMILES string of the molecule is Brc1ccccc1Oc1c(Br)c(-c2ccccc2)nc2ccccc12. The lowest BCUT2D eigenvalue weighted by Crippen LogP contribution is -1.94. The third-order valence-electron chi connectivity index (χ3n) is 3.88. The maximum atomic E-state index is 6.28. The van der Waals surface area contributed by atoms with Gasteiger partial charge in [-0.2, -0.15) is 0 Å². The number of rotatable bonds is 3. The van der Waals surface area contributed by atoms with Crippen molar-refractivity contribution in [2.24, 2.45) is 0 Å². The average Bonchev–Trinajstić information content (AvgIpc) is 2.66. The molecule has 0 fully saturated rings. The number of aromatic nitrogens is 1. The first-order chi connectivity index (χ1) is 12.2. The second-order valence-corrected chi connectivity index (χ2v) is 7.17. The normalized spacial score (nSPS) is 10.8. The van der Waals surface area contributed by atoms with Crippen molar-refractivity contribution >= 4 is 42.8 Å². The highest BCUT2D eigenvalue weighted by Crippen LogP contribution is 2.42. The molecule has 4 aromatic rings.